The van der Waals surface area contributed by atoms with Crippen LogP contribution in [0.2, 0.25) is 5.02 Å². The van der Waals surface area contributed by atoms with Crippen molar-refractivity contribution in [2.45, 2.75) is 55.6 Å². The Labute approximate surface area is 189 Å². The van der Waals surface area contributed by atoms with Crippen LogP contribution in [-0.4, -0.2) is 43.7 Å². The fourth-order valence-electron chi connectivity index (χ4n) is 3.45. The summed E-state index contributed by atoms with van der Waals surface area (Å²) in [6.45, 7) is 1.24. The monoisotopic (exact) mass is 494 g/mol. The number of β-amino-alcohol motifs (C(OH)–C–C–N with tert-alkyl or cyclic N) is 1. The number of hydrogen-bond donors (Lipinski definition) is 4. The van der Waals surface area contributed by atoms with Crippen molar-refractivity contribution in [2.24, 2.45) is 0 Å². The molecule has 0 aliphatic carbocycles. The molecular weight excluding hydrogens is 470 g/mol. The Morgan fingerprint density at radius 3 is 2.71 bits per heavy atom. The molecule has 1 saturated heterocycles. The highest BCUT2D eigenvalue weighted by molar-refractivity contribution is 7.93. The number of halogens is 3. The Kier molecular flexibility index (Phi) is 8.45. The van der Waals surface area contributed by atoms with Crippen molar-refractivity contribution >= 4 is 43.8 Å². The maximum absolute atomic E-state index is 14.5. The number of sulfonamides is 1. The third kappa shape index (κ3) is 6.98. The summed E-state index contributed by atoms with van der Waals surface area (Å²) < 4.78 is 54.2. The van der Waals surface area contributed by atoms with Crippen molar-refractivity contribution in [2.75, 3.05) is 23.1 Å². The van der Waals surface area contributed by atoms with Crippen LogP contribution >= 0.6 is 22.9 Å². The molecule has 0 amide bonds. The van der Waals surface area contributed by atoms with E-state index in [-0.39, 0.29) is 16.3 Å². The summed E-state index contributed by atoms with van der Waals surface area (Å²) in [6.07, 6.45) is 6.47. The van der Waals surface area contributed by atoms with Gasteiger partial charge >= 0.3 is 0 Å². The second-order valence-corrected chi connectivity index (χ2v) is 10.5. The second kappa shape index (κ2) is 10.9. The third-order valence-corrected chi connectivity index (χ3v) is 7.50. The molecule has 0 radical (unpaired) electrons. The maximum Gasteiger partial charge on any atom is 0.266 e. The van der Waals surface area contributed by atoms with Gasteiger partial charge in [0.05, 0.1) is 23.0 Å². The summed E-state index contributed by atoms with van der Waals surface area (Å²) >= 11 is 6.64. The van der Waals surface area contributed by atoms with Gasteiger partial charge < -0.3 is 15.7 Å². The molecule has 0 saturated carbocycles. The van der Waals surface area contributed by atoms with E-state index in [0.29, 0.717) is 36.2 Å². The SMILES string of the molecule is O=S(=O)(Nc1ncc(F)s1)c1cc(Cl)c(NCCCCCC[C@H]2C[C@H](O)CN2)cc1F. The highest BCUT2D eigenvalue weighted by Gasteiger charge is 2.23. The van der Waals surface area contributed by atoms with Crippen molar-refractivity contribution < 1.29 is 22.3 Å². The standard InChI is InChI=1S/C19H25ClF2N4O3S2/c20-14-8-17(31(28,29)26-19-25-11-18(22)30-19)15(21)9-16(14)23-6-4-2-1-3-5-12-7-13(27)10-24-12/h8-9,11-13,23-24,27H,1-7,10H2,(H,25,26)/t12-,13-/m0/s1. The molecule has 0 unspecified atom stereocenters. The van der Waals surface area contributed by atoms with E-state index in [1.807, 2.05) is 4.72 Å². The molecule has 3 rings (SSSR count). The van der Waals surface area contributed by atoms with Crippen LogP contribution in [-0.2, 0) is 10.0 Å². The summed E-state index contributed by atoms with van der Waals surface area (Å²) in [5.41, 5.74) is 0.308. The minimum Gasteiger partial charge on any atom is -0.392 e. The number of hydrogen-bond acceptors (Lipinski definition) is 7. The molecule has 2 heterocycles. The predicted molar refractivity (Wildman–Crippen MR) is 118 cm³/mol. The normalized spacial score (nSPS) is 19.0. The average Bonchev–Trinajstić information content (AvgIpc) is 3.30. The van der Waals surface area contributed by atoms with Crippen molar-refractivity contribution in [3.63, 3.8) is 0 Å². The number of aliphatic hydroxyl groups is 1. The first-order valence-corrected chi connectivity index (χ1v) is 12.7. The molecule has 0 bridgehead atoms. The number of aromatic nitrogens is 1. The van der Waals surface area contributed by atoms with Gasteiger partial charge in [0, 0.05) is 19.1 Å². The van der Waals surface area contributed by atoms with Crippen molar-refractivity contribution in [1.82, 2.24) is 10.3 Å². The van der Waals surface area contributed by atoms with Crippen molar-refractivity contribution in [1.29, 1.82) is 0 Å². The van der Waals surface area contributed by atoms with Gasteiger partial charge in [-0.3, -0.25) is 4.72 Å². The number of anilines is 2. The van der Waals surface area contributed by atoms with Gasteiger partial charge in [-0.05, 0) is 31.4 Å². The molecule has 2 atom stereocenters. The van der Waals surface area contributed by atoms with Crippen LogP contribution in [0.4, 0.5) is 19.6 Å². The maximum atomic E-state index is 14.5. The van der Waals surface area contributed by atoms with Gasteiger partial charge in [0.2, 0.25) is 0 Å². The Bertz CT molecular complexity index is 991. The molecule has 1 aromatic heterocycles. The molecular formula is C19H25ClF2N4O3S2. The van der Waals surface area contributed by atoms with Gasteiger partial charge in [0.15, 0.2) is 10.3 Å². The number of benzene rings is 1. The summed E-state index contributed by atoms with van der Waals surface area (Å²) in [6, 6.07) is 2.46. The number of rotatable bonds is 11. The zero-order valence-corrected chi connectivity index (χ0v) is 19.1. The molecule has 1 aliphatic heterocycles. The Balaban J connectivity index is 1.45. The zero-order valence-electron chi connectivity index (χ0n) is 16.7. The third-order valence-electron chi connectivity index (χ3n) is 5.00. The molecule has 2 aromatic rings. The molecule has 31 heavy (non-hydrogen) atoms. The fraction of sp³-hybridized carbons (Fsp3) is 0.526. The van der Waals surface area contributed by atoms with Crippen molar-refractivity contribution in [3.05, 3.63) is 34.3 Å². The van der Waals surface area contributed by atoms with Crippen molar-refractivity contribution in [3.8, 4) is 0 Å². The largest absolute Gasteiger partial charge is 0.392 e. The van der Waals surface area contributed by atoms with E-state index >= 15 is 0 Å². The van der Waals surface area contributed by atoms with Crippen LogP contribution in [0.3, 0.4) is 0 Å². The minimum atomic E-state index is -4.29. The first-order chi connectivity index (χ1) is 14.7. The molecule has 0 spiro atoms. The van der Waals surface area contributed by atoms with Crippen LogP contribution < -0.4 is 15.4 Å². The van der Waals surface area contributed by atoms with E-state index in [1.54, 1.807) is 0 Å². The van der Waals surface area contributed by atoms with Gasteiger partial charge in [-0.15, -0.1) is 0 Å². The molecule has 1 fully saturated rings. The predicted octanol–water partition coefficient (Wildman–Crippen LogP) is 3.96. The lowest BCUT2D eigenvalue weighted by molar-refractivity contribution is 0.192. The van der Waals surface area contributed by atoms with Crippen LogP contribution in [0.5, 0.6) is 0 Å². The van der Waals surface area contributed by atoms with Crippen LogP contribution in [0.1, 0.15) is 38.5 Å². The highest BCUT2D eigenvalue weighted by atomic mass is 35.5. The Morgan fingerprint density at radius 1 is 1.26 bits per heavy atom. The number of unbranched alkanes of at least 4 members (excludes halogenated alkanes) is 3. The second-order valence-electron chi connectivity index (χ2n) is 7.46. The van der Waals surface area contributed by atoms with Crippen LogP contribution in [0.25, 0.3) is 0 Å². The van der Waals surface area contributed by atoms with E-state index in [2.05, 4.69) is 15.6 Å². The van der Waals surface area contributed by atoms with Gasteiger partial charge in [0.1, 0.15) is 10.7 Å². The lowest BCUT2D eigenvalue weighted by Gasteiger charge is -2.12. The van der Waals surface area contributed by atoms with E-state index < -0.39 is 25.9 Å². The van der Waals surface area contributed by atoms with E-state index in [4.69, 9.17) is 11.6 Å². The van der Waals surface area contributed by atoms with E-state index in [1.165, 1.54) is 0 Å². The molecule has 1 aliphatic rings. The van der Waals surface area contributed by atoms with Crippen LogP contribution in [0, 0.1) is 10.9 Å². The Hall–Kier alpha value is -1.53. The molecule has 4 N–H and O–H groups in total. The summed E-state index contributed by atoms with van der Waals surface area (Å²) in [5.74, 6) is -0.970. The van der Waals surface area contributed by atoms with Gasteiger partial charge in [-0.2, -0.15) is 4.39 Å². The highest BCUT2D eigenvalue weighted by Crippen LogP contribution is 2.30. The van der Waals surface area contributed by atoms with Crippen LogP contribution in [0.15, 0.2) is 23.2 Å². The molecule has 1 aromatic carbocycles. The quantitative estimate of drug-likeness (QED) is 0.352. The minimum absolute atomic E-state index is 0.0676. The zero-order chi connectivity index (χ0) is 22.4. The van der Waals surface area contributed by atoms with Gasteiger partial charge in [-0.1, -0.05) is 42.2 Å². The Morgan fingerprint density at radius 2 is 2.03 bits per heavy atom. The molecule has 7 nitrogen and oxygen atoms in total. The topological polar surface area (TPSA) is 103 Å². The average molecular weight is 495 g/mol. The lowest BCUT2D eigenvalue weighted by atomic mass is 10.1. The molecule has 172 valence electrons. The lowest BCUT2D eigenvalue weighted by Crippen LogP contribution is -2.21. The van der Waals surface area contributed by atoms with E-state index in [9.17, 15) is 22.3 Å². The summed E-state index contributed by atoms with van der Waals surface area (Å²) in [5, 5.41) is 15.0. The smallest absolute Gasteiger partial charge is 0.266 e. The van der Waals surface area contributed by atoms with E-state index in [0.717, 1.165) is 56.9 Å². The van der Waals surface area contributed by atoms with Gasteiger partial charge in [0.25, 0.3) is 10.0 Å². The molecule has 12 heteroatoms. The number of nitrogens with zero attached hydrogens (tertiary/aromatic N) is 1. The van der Waals surface area contributed by atoms with Gasteiger partial charge in [-0.25, -0.2) is 17.8 Å². The first kappa shape index (κ1) is 24.1. The summed E-state index contributed by atoms with van der Waals surface area (Å²) in [7, 11) is -4.29. The number of nitrogens with one attached hydrogen (secondary N) is 3. The number of aliphatic hydroxyl groups excluding tert-OH is 1. The fourth-order valence-corrected chi connectivity index (χ4v) is 5.62. The first-order valence-electron chi connectivity index (χ1n) is 10.0. The number of thiazole rings is 1. The summed E-state index contributed by atoms with van der Waals surface area (Å²) in [4.78, 5) is 2.93.